The molecule has 1 atom stereocenters. The van der Waals surface area contributed by atoms with Crippen LogP contribution in [0.15, 0.2) is 34.9 Å². The van der Waals surface area contributed by atoms with Crippen LogP contribution < -0.4 is 10.6 Å². The molecule has 1 aliphatic rings. The van der Waals surface area contributed by atoms with Crippen LogP contribution in [0.4, 0.5) is 5.69 Å². The van der Waals surface area contributed by atoms with Crippen molar-refractivity contribution in [3.8, 4) is 0 Å². The largest absolute Gasteiger partial charge is 0.469 e. The van der Waals surface area contributed by atoms with Gasteiger partial charge in [0.25, 0.3) is 0 Å². The number of carbonyl (C=O) groups is 1. The van der Waals surface area contributed by atoms with Crippen LogP contribution in [0.3, 0.4) is 0 Å². The van der Waals surface area contributed by atoms with Crippen LogP contribution in [0.25, 0.3) is 0 Å². The molecule has 1 unspecified atom stereocenters. The van der Waals surface area contributed by atoms with Crippen molar-refractivity contribution in [1.29, 1.82) is 0 Å². The lowest BCUT2D eigenvalue weighted by Crippen LogP contribution is -2.31. The van der Waals surface area contributed by atoms with E-state index in [4.69, 9.17) is 10.2 Å². The minimum absolute atomic E-state index is 0.167. The predicted molar refractivity (Wildman–Crippen MR) is 77.6 cm³/mol. The van der Waals surface area contributed by atoms with Crippen molar-refractivity contribution in [3.05, 3.63) is 53.0 Å². The second-order valence-corrected chi connectivity index (χ2v) is 5.31. The summed E-state index contributed by atoms with van der Waals surface area (Å²) in [7, 11) is 1.82. The predicted octanol–water partition coefficient (Wildman–Crippen LogP) is 2.55. The Hall–Kier alpha value is -2.07. The standard InChI is InChI=1S/C16H18N2O2/c1-10-7-13(9-20-10)16(17)12-3-5-14-11(8-12)4-6-15(19)18(14)2/h3,5,7-9,16H,4,6,17H2,1-2H3. The van der Waals surface area contributed by atoms with Crippen LogP contribution in [0.5, 0.6) is 0 Å². The van der Waals surface area contributed by atoms with Crippen LogP contribution in [-0.4, -0.2) is 13.0 Å². The lowest BCUT2D eigenvalue weighted by molar-refractivity contribution is -0.118. The molecule has 0 aliphatic carbocycles. The van der Waals surface area contributed by atoms with Gasteiger partial charge >= 0.3 is 0 Å². The highest BCUT2D eigenvalue weighted by Gasteiger charge is 2.22. The lowest BCUT2D eigenvalue weighted by Gasteiger charge is -2.26. The second kappa shape index (κ2) is 4.80. The van der Waals surface area contributed by atoms with Crippen molar-refractivity contribution in [3.63, 3.8) is 0 Å². The molecular formula is C16H18N2O2. The van der Waals surface area contributed by atoms with Crippen LogP contribution in [0.1, 0.15) is 34.9 Å². The molecule has 1 aromatic heterocycles. The average molecular weight is 270 g/mol. The van der Waals surface area contributed by atoms with Crippen molar-refractivity contribution in [2.75, 3.05) is 11.9 Å². The molecule has 0 radical (unpaired) electrons. The molecule has 3 rings (SSSR count). The van der Waals surface area contributed by atoms with Crippen molar-refractivity contribution < 1.29 is 9.21 Å². The maximum atomic E-state index is 11.7. The minimum Gasteiger partial charge on any atom is -0.469 e. The van der Waals surface area contributed by atoms with Gasteiger partial charge in [-0.3, -0.25) is 4.79 Å². The molecule has 2 N–H and O–H groups in total. The molecular weight excluding hydrogens is 252 g/mol. The van der Waals surface area contributed by atoms with E-state index < -0.39 is 0 Å². The van der Waals surface area contributed by atoms with Gasteiger partial charge in [0.2, 0.25) is 5.91 Å². The van der Waals surface area contributed by atoms with Crippen LogP contribution in [0, 0.1) is 6.92 Å². The van der Waals surface area contributed by atoms with Crippen molar-refractivity contribution in [1.82, 2.24) is 0 Å². The fraction of sp³-hybridized carbons (Fsp3) is 0.312. The Morgan fingerprint density at radius 1 is 1.25 bits per heavy atom. The summed E-state index contributed by atoms with van der Waals surface area (Å²) in [6.45, 7) is 1.91. The third-order valence-corrected chi connectivity index (χ3v) is 3.92. The number of anilines is 1. The molecule has 4 heteroatoms. The van der Waals surface area contributed by atoms with Crippen molar-refractivity contribution in [2.45, 2.75) is 25.8 Å². The Morgan fingerprint density at radius 2 is 2.05 bits per heavy atom. The first-order valence-corrected chi connectivity index (χ1v) is 6.76. The van der Waals surface area contributed by atoms with Gasteiger partial charge in [-0.25, -0.2) is 0 Å². The van der Waals surface area contributed by atoms with E-state index in [9.17, 15) is 4.79 Å². The quantitative estimate of drug-likeness (QED) is 0.912. The fourth-order valence-corrected chi connectivity index (χ4v) is 2.69. The van der Waals surface area contributed by atoms with E-state index in [1.165, 1.54) is 5.56 Å². The van der Waals surface area contributed by atoms with E-state index >= 15 is 0 Å². The average Bonchev–Trinajstić information content (AvgIpc) is 2.88. The topological polar surface area (TPSA) is 59.5 Å². The van der Waals surface area contributed by atoms with E-state index in [-0.39, 0.29) is 11.9 Å². The first kappa shape index (κ1) is 12.9. The Balaban J connectivity index is 1.95. The molecule has 0 spiro atoms. The zero-order valence-corrected chi connectivity index (χ0v) is 11.7. The zero-order valence-electron chi connectivity index (χ0n) is 11.7. The molecule has 2 heterocycles. The van der Waals surface area contributed by atoms with Gasteiger partial charge in [0.1, 0.15) is 5.76 Å². The van der Waals surface area contributed by atoms with E-state index in [0.717, 1.165) is 29.0 Å². The summed E-state index contributed by atoms with van der Waals surface area (Å²) in [5, 5.41) is 0. The van der Waals surface area contributed by atoms with Gasteiger partial charge < -0.3 is 15.1 Å². The Bertz CT molecular complexity index is 660. The summed E-state index contributed by atoms with van der Waals surface area (Å²) >= 11 is 0. The summed E-state index contributed by atoms with van der Waals surface area (Å²) in [6, 6.07) is 7.83. The van der Waals surface area contributed by atoms with Gasteiger partial charge in [0, 0.05) is 24.7 Å². The Labute approximate surface area is 118 Å². The molecule has 0 saturated carbocycles. The highest BCUT2D eigenvalue weighted by atomic mass is 16.3. The molecule has 4 nitrogen and oxygen atoms in total. The summed E-state index contributed by atoms with van der Waals surface area (Å²) in [5.41, 5.74) is 10.5. The van der Waals surface area contributed by atoms with Gasteiger partial charge in [-0.05, 0) is 36.6 Å². The van der Waals surface area contributed by atoms with E-state index in [1.807, 2.05) is 32.2 Å². The van der Waals surface area contributed by atoms with Gasteiger partial charge in [0.15, 0.2) is 0 Å². The third kappa shape index (κ3) is 2.12. The number of hydrogen-bond donors (Lipinski definition) is 1. The van der Waals surface area contributed by atoms with E-state index in [1.54, 1.807) is 11.2 Å². The molecule has 0 fully saturated rings. The summed E-state index contributed by atoms with van der Waals surface area (Å²) in [5.74, 6) is 1.03. The number of aryl methyl sites for hydroxylation is 2. The monoisotopic (exact) mass is 270 g/mol. The molecule has 1 aliphatic heterocycles. The van der Waals surface area contributed by atoms with Crippen molar-refractivity contribution >= 4 is 11.6 Å². The van der Waals surface area contributed by atoms with Crippen LogP contribution in [0.2, 0.25) is 0 Å². The molecule has 20 heavy (non-hydrogen) atoms. The number of furan rings is 1. The number of benzene rings is 1. The molecule has 104 valence electrons. The number of amides is 1. The third-order valence-electron chi connectivity index (χ3n) is 3.92. The van der Waals surface area contributed by atoms with Gasteiger partial charge in [-0.15, -0.1) is 0 Å². The maximum absolute atomic E-state index is 11.7. The smallest absolute Gasteiger partial charge is 0.227 e. The number of fused-ring (bicyclic) bond motifs is 1. The summed E-state index contributed by atoms with van der Waals surface area (Å²) in [4.78, 5) is 13.4. The molecule has 1 aromatic carbocycles. The first-order valence-electron chi connectivity index (χ1n) is 6.76. The lowest BCUT2D eigenvalue weighted by atomic mass is 9.94. The minimum atomic E-state index is -0.194. The molecule has 0 bridgehead atoms. The molecule has 0 saturated heterocycles. The highest BCUT2D eigenvalue weighted by molar-refractivity contribution is 5.95. The molecule has 2 aromatic rings. The van der Waals surface area contributed by atoms with Crippen LogP contribution in [-0.2, 0) is 11.2 Å². The first-order chi connectivity index (χ1) is 9.56. The number of carbonyl (C=O) groups excluding carboxylic acids is 1. The van der Waals surface area contributed by atoms with E-state index in [2.05, 4.69) is 6.07 Å². The second-order valence-electron chi connectivity index (χ2n) is 5.31. The normalized spacial score (nSPS) is 16.1. The zero-order chi connectivity index (χ0) is 14.3. The van der Waals surface area contributed by atoms with Crippen molar-refractivity contribution in [2.24, 2.45) is 5.73 Å². The summed E-state index contributed by atoms with van der Waals surface area (Å²) in [6.07, 6.45) is 3.05. The van der Waals surface area contributed by atoms with E-state index in [0.29, 0.717) is 6.42 Å². The number of nitrogens with zero attached hydrogens (tertiary/aromatic N) is 1. The Morgan fingerprint density at radius 3 is 2.75 bits per heavy atom. The number of rotatable bonds is 2. The fourth-order valence-electron chi connectivity index (χ4n) is 2.69. The highest BCUT2D eigenvalue weighted by Crippen LogP contribution is 2.30. The van der Waals surface area contributed by atoms with Gasteiger partial charge in [0.05, 0.1) is 12.3 Å². The SMILES string of the molecule is Cc1cc(C(N)c2ccc3c(c2)CCC(=O)N3C)co1. The number of hydrogen-bond acceptors (Lipinski definition) is 3. The van der Waals surface area contributed by atoms with Gasteiger partial charge in [-0.2, -0.15) is 0 Å². The van der Waals surface area contributed by atoms with Crippen LogP contribution >= 0.6 is 0 Å². The molecule has 1 amide bonds. The maximum Gasteiger partial charge on any atom is 0.227 e. The summed E-state index contributed by atoms with van der Waals surface area (Å²) < 4.78 is 5.32. The van der Waals surface area contributed by atoms with Gasteiger partial charge in [-0.1, -0.05) is 12.1 Å². The number of nitrogens with two attached hydrogens (primary N) is 1. The Kier molecular flexibility index (Phi) is 3.10.